The van der Waals surface area contributed by atoms with Crippen LogP contribution in [0.4, 0.5) is 5.69 Å². The first-order chi connectivity index (χ1) is 10.8. The molecule has 0 aliphatic rings. The molecule has 0 fully saturated rings. The molecule has 0 spiro atoms. The fourth-order valence-corrected chi connectivity index (χ4v) is 2.03. The van der Waals surface area contributed by atoms with Crippen LogP contribution < -0.4 is 5.32 Å². The van der Waals surface area contributed by atoms with Crippen molar-refractivity contribution in [2.45, 2.75) is 39.3 Å². The van der Waals surface area contributed by atoms with E-state index in [1.807, 2.05) is 20.8 Å². The number of non-ortho nitro benzene ring substituents is 1. The number of rotatable bonds is 6. The molecule has 0 unspecified atom stereocenters. The Morgan fingerprint density at radius 1 is 1.30 bits per heavy atom. The lowest BCUT2D eigenvalue weighted by molar-refractivity contribution is -0.384. The van der Waals surface area contributed by atoms with Crippen LogP contribution in [0.15, 0.2) is 36.7 Å². The van der Waals surface area contributed by atoms with Crippen molar-refractivity contribution in [3.63, 3.8) is 0 Å². The van der Waals surface area contributed by atoms with Crippen LogP contribution in [-0.4, -0.2) is 26.1 Å². The van der Waals surface area contributed by atoms with E-state index in [1.165, 1.54) is 12.1 Å². The highest BCUT2D eigenvalue weighted by Crippen LogP contribution is 2.21. The average molecular weight is 316 g/mol. The summed E-state index contributed by atoms with van der Waals surface area (Å²) in [6, 6.07) is 6.23. The summed E-state index contributed by atoms with van der Waals surface area (Å²) in [7, 11) is 0. The minimum atomic E-state index is -0.437. The van der Waals surface area contributed by atoms with Gasteiger partial charge in [0.1, 0.15) is 6.54 Å². The summed E-state index contributed by atoms with van der Waals surface area (Å²) in [5, 5.41) is 17.8. The molecule has 0 saturated heterocycles. The van der Waals surface area contributed by atoms with Gasteiger partial charge >= 0.3 is 0 Å². The minimum absolute atomic E-state index is 0.0438. The number of amides is 1. The lowest BCUT2D eigenvalue weighted by Gasteiger charge is -2.24. The topological polar surface area (TPSA) is 90.1 Å². The lowest BCUT2D eigenvalue weighted by Crippen LogP contribution is -2.44. The highest BCUT2D eigenvalue weighted by molar-refractivity contribution is 5.76. The Morgan fingerprint density at radius 3 is 2.52 bits per heavy atom. The number of nitrogens with zero attached hydrogens (tertiary/aromatic N) is 3. The van der Waals surface area contributed by atoms with Gasteiger partial charge in [-0.2, -0.15) is 5.10 Å². The zero-order valence-electron chi connectivity index (χ0n) is 13.4. The van der Waals surface area contributed by atoms with Gasteiger partial charge in [0.25, 0.3) is 5.69 Å². The zero-order valence-corrected chi connectivity index (χ0v) is 13.4. The first kappa shape index (κ1) is 16.7. The van der Waals surface area contributed by atoms with Gasteiger partial charge in [-0.25, -0.2) is 0 Å². The summed E-state index contributed by atoms with van der Waals surface area (Å²) >= 11 is 0. The fraction of sp³-hybridized carbons (Fsp3) is 0.375. The molecule has 2 aromatic rings. The van der Waals surface area contributed by atoms with E-state index in [9.17, 15) is 14.9 Å². The smallest absolute Gasteiger partial charge is 0.269 e. The van der Waals surface area contributed by atoms with Gasteiger partial charge in [-0.15, -0.1) is 0 Å². The van der Waals surface area contributed by atoms with E-state index in [4.69, 9.17) is 0 Å². The molecule has 1 aromatic carbocycles. The highest BCUT2D eigenvalue weighted by Gasteiger charge is 2.18. The van der Waals surface area contributed by atoms with E-state index in [-0.39, 0.29) is 23.7 Å². The van der Waals surface area contributed by atoms with Crippen molar-refractivity contribution in [3.05, 3.63) is 46.8 Å². The van der Waals surface area contributed by atoms with Gasteiger partial charge in [-0.1, -0.05) is 6.92 Å². The van der Waals surface area contributed by atoms with Gasteiger partial charge in [0.05, 0.1) is 11.1 Å². The van der Waals surface area contributed by atoms with E-state index < -0.39 is 4.92 Å². The van der Waals surface area contributed by atoms with E-state index in [0.29, 0.717) is 0 Å². The number of benzene rings is 1. The third-order valence-corrected chi connectivity index (χ3v) is 3.71. The van der Waals surface area contributed by atoms with Crippen molar-refractivity contribution >= 4 is 11.6 Å². The first-order valence-electron chi connectivity index (χ1n) is 7.39. The highest BCUT2D eigenvalue weighted by atomic mass is 16.6. The zero-order chi connectivity index (χ0) is 17.0. The molecule has 0 bridgehead atoms. The van der Waals surface area contributed by atoms with Crippen molar-refractivity contribution in [2.75, 3.05) is 0 Å². The number of carbonyl (C=O) groups excluding carboxylic acids is 1. The Hall–Kier alpha value is -2.70. The molecule has 122 valence electrons. The largest absolute Gasteiger partial charge is 0.350 e. The summed E-state index contributed by atoms with van der Waals surface area (Å²) in [5.41, 5.74) is 1.42. The molecule has 1 heterocycles. The Morgan fingerprint density at radius 2 is 1.96 bits per heavy atom. The van der Waals surface area contributed by atoms with E-state index in [2.05, 4.69) is 10.4 Å². The minimum Gasteiger partial charge on any atom is -0.350 e. The molecule has 1 N–H and O–H groups in total. The molecule has 1 aromatic heterocycles. The Labute approximate surface area is 134 Å². The van der Waals surface area contributed by atoms with E-state index in [0.717, 1.165) is 17.5 Å². The summed E-state index contributed by atoms with van der Waals surface area (Å²) in [5.74, 6) is -0.102. The molecular formula is C16H20N4O3. The van der Waals surface area contributed by atoms with Gasteiger partial charge in [0.15, 0.2) is 0 Å². The van der Waals surface area contributed by atoms with Crippen molar-refractivity contribution in [2.24, 2.45) is 0 Å². The molecule has 1 amide bonds. The molecule has 7 heteroatoms. The third kappa shape index (κ3) is 4.38. The summed E-state index contributed by atoms with van der Waals surface area (Å²) in [4.78, 5) is 22.2. The van der Waals surface area contributed by atoms with Crippen molar-refractivity contribution < 1.29 is 9.72 Å². The van der Waals surface area contributed by atoms with Crippen LogP contribution in [0.2, 0.25) is 0 Å². The quantitative estimate of drug-likeness (QED) is 0.655. The van der Waals surface area contributed by atoms with Crippen LogP contribution in [-0.2, 0) is 11.3 Å². The normalized spacial score (nSPS) is 11.3. The maximum Gasteiger partial charge on any atom is 0.269 e. The average Bonchev–Trinajstić information content (AvgIpc) is 2.95. The van der Waals surface area contributed by atoms with Gasteiger partial charge < -0.3 is 5.32 Å². The molecule has 0 atom stereocenters. The predicted molar refractivity (Wildman–Crippen MR) is 86.8 cm³/mol. The molecular weight excluding hydrogens is 296 g/mol. The van der Waals surface area contributed by atoms with Gasteiger partial charge in [0, 0.05) is 29.4 Å². The Kier molecular flexibility index (Phi) is 4.78. The fourth-order valence-electron chi connectivity index (χ4n) is 2.03. The van der Waals surface area contributed by atoms with Crippen LogP contribution in [0, 0.1) is 10.1 Å². The third-order valence-electron chi connectivity index (χ3n) is 3.71. The lowest BCUT2D eigenvalue weighted by atomic mass is 10.0. The number of hydrogen-bond acceptors (Lipinski definition) is 4. The Balaban J connectivity index is 2.06. The molecule has 0 aliphatic heterocycles. The second-order valence-electron chi connectivity index (χ2n) is 6.02. The SMILES string of the molecule is CCC(C)(C)NC(=O)Cn1cc(-c2ccc([N+](=O)[O-])cc2)cn1. The van der Waals surface area contributed by atoms with Gasteiger partial charge in [-0.05, 0) is 38.0 Å². The molecule has 2 rings (SSSR count). The van der Waals surface area contributed by atoms with Crippen molar-refractivity contribution in [1.29, 1.82) is 0 Å². The van der Waals surface area contributed by atoms with Crippen LogP contribution in [0.3, 0.4) is 0 Å². The maximum absolute atomic E-state index is 12.0. The van der Waals surface area contributed by atoms with Gasteiger partial charge in [-0.3, -0.25) is 19.6 Å². The molecule has 0 saturated carbocycles. The van der Waals surface area contributed by atoms with E-state index in [1.54, 1.807) is 29.2 Å². The number of nitro groups is 1. The number of carbonyl (C=O) groups is 1. The summed E-state index contributed by atoms with van der Waals surface area (Å²) in [6.45, 7) is 6.09. The maximum atomic E-state index is 12.0. The van der Waals surface area contributed by atoms with Crippen molar-refractivity contribution in [3.8, 4) is 11.1 Å². The van der Waals surface area contributed by atoms with Crippen LogP contribution in [0.25, 0.3) is 11.1 Å². The van der Waals surface area contributed by atoms with Gasteiger partial charge in [0.2, 0.25) is 5.91 Å². The first-order valence-corrected chi connectivity index (χ1v) is 7.39. The standard InChI is InChI=1S/C16H20N4O3/c1-4-16(2,3)18-15(21)11-19-10-13(9-17-19)12-5-7-14(8-6-12)20(22)23/h5-10H,4,11H2,1-3H3,(H,18,21). The predicted octanol–water partition coefficient (Wildman–Crippen LogP) is 2.76. The summed E-state index contributed by atoms with van der Waals surface area (Å²) in [6.07, 6.45) is 4.23. The molecule has 0 radical (unpaired) electrons. The number of aromatic nitrogens is 2. The van der Waals surface area contributed by atoms with Crippen molar-refractivity contribution in [1.82, 2.24) is 15.1 Å². The second kappa shape index (κ2) is 6.60. The second-order valence-corrected chi connectivity index (χ2v) is 6.02. The molecule has 0 aliphatic carbocycles. The number of nitro benzene ring substituents is 1. The number of hydrogen-bond donors (Lipinski definition) is 1. The monoisotopic (exact) mass is 316 g/mol. The number of nitrogens with one attached hydrogen (secondary N) is 1. The molecule has 23 heavy (non-hydrogen) atoms. The van der Waals surface area contributed by atoms with Crippen LogP contribution in [0.5, 0.6) is 0 Å². The van der Waals surface area contributed by atoms with Crippen LogP contribution >= 0.6 is 0 Å². The van der Waals surface area contributed by atoms with Crippen LogP contribution in [0.1, 0.15) is 27.2 Å². The van der Waals surface area contributed by atoms with E-state index >= 15 is 0 Å². The summed E-state index contributed by atoms with van der Waals surface area (Å²) < 4.78 is 1.55. The molecule has 7 nitrogen and oxygen atoms in total. The Bertz CT molecular complexity index is 704.